The van der Waals surface area contributed by atoms with Crippen molar-refractivity contribution < 1.29 is 4.74 Å². The van der Waals surface area contributed by atoms with E-state index in [1.807, 2.05) is 0 Å². The fraction of sp³-hybridized carbons (Fsp3) is 0.286. The van der Waals surface area contributed by atoms with Crippen molar-refractivity contribution in [2.45, 2.75) is 0 Å². The van der Waals surface area contributed by atoms with E-state index in [1.165, 1.54) is 7.11 Å². The number of rotatable bonds is 3. The van der Waals surface area contributed by atoms with Crippen LogP contribution in [-0.2, 0) is 0 Å². The van der Waals surface area contributed by atoms with Crippen LogP contribution in [0.5, 0.6) is 5.88 Å². The Balaban J connectivity index is 3.04. The maximum Gasteiger partial charge on any atom is 0.258 e. The molecule has 0 aliphatic carbocycles. The summed E-state index contributed by atoms with van der Waals surface area (Å²) in [5.41, 5.74) is 0.738. The van der Waals surface area contributed by atoms with Crippen LogP contribution in [0.4, 0.5) is 5.69 Å². The van der Waals surface area contributed by atoms with Crippen molar-refractivity contribution in [2.24, 2.45) is 5.10 Å². The Bertz CT molecular complexity index is 276. The van der Waals surface area contributed by atoms with Gasteiger partial charge in [-0.1, -0.05) is 0 Å². The van der Waals surface area contributed by atoms with Crippen LogP contribution >= 0.6 is 0 Å². The molecule has 64 valence electrons. The first-order valence-corrected chi connectivity index (χ1v) is 3.35. The van der Waals surface area contributed by atoms with E-state index in [-0.39, 0.29) is 0 Å². The summed E-state index contributed by atoms with van der Waals surface area (Å²) in [6.45, 7) is 3.38. The van der Waals surface area contributed by atoms with Crippen molar-refractivity contribution in [2.75, 3.05) is 19.2 Å². The lowest BCUT2D eigenvalue weighted by atomic mass is 10.4. The number of aromatic nitrogens is 2. The predicted molar refractivity (Wildman–Crippen MR) is 46.5 cm³/mol. The Kier molecular flexibility index (Phi) is 2.57. The van der Waals surface area contributed by atoms with Gasteiger partial charge in [0.2, 0.25) is 0 Å². The van der Waals surface area contributed by atoms with Crippen LogP contribution in [0.15, 0.2) is 17.4 Å². The zero-order valence-electron chi connectivity index (χ0n) is 7.06. The minimum absolute atomic E-state index is 0.437. The third-order valence-electron chi connectivity index (χ3n) is 1.42. The van der Waals surface area contributed by atoms with Crippen molar-refractivity contribution in [1.29, 1.82) is 0 Å². The lowest BCUT2D eigenvalue weighted by Gasteiger charge is -2.13. The lowest BCUT2D eigenvalue weighted by molar-refractivity contribution is 0.392. The van der Waals surface area contributed by atoms with Crippen LogP contribution in [-0.4, -0.2) is 31.1 Å². The van der Waals surface area contributed by atoms with Crippen molar-refractivity contribution >= 4 is 12.4 Å². The van der Waals surface area contributed by atoms with Crippen molar-refractivity contribution in [3.63, 3.8) is 0 Å². The highest BCUT2D eigenvalue weighted by Gasteiger charge is 2.06. The van der Waals surface area contributed by atoms with Crippen LogP contribution in [0.1, 0.15) is 0 Å². The minimum atomic E-state index is 0.437. The Morgan fingerprint density at radius 1 is 1.67 bits per heavy atom. The molecule has 0 aliphatic rings. The Labute approximate surface area is 70.7 Å². The largest absolute Gasteiger partial charge is 0.478 e. The van der Waals surface area contributed by atoms with Crippen LogP contribution in [0.2, 0.25) is 0 Å². The van der Waals surface area contributed by atoms with Gasteiger partial charge in [0, 0.05) is 13.8 Å². The van der Waals surface area contributed by atoms with Crippen LogP contribution in [0.3, 0.4) is 0 Å². The maximum absolute atomic E-state index is 4.97. The zero-order valence-corrected chi connectivity index (χ0v) is 7.06. The van der Waals surface area contributed by atoms with E-state index in [1.54, 1.807) is 24.3 Å². The molecule has 0 aromatic carbocycles. The molecule has 0 bridgehead atoms. The molecule has 1 heterocycles. The summed E-state index contributed by atoms with van der Waals surface area (Å²) in [6.07, 6.45) is 1.57. The third-order valence-corrected chi connectivity index (χ3v) is 1.42. The van der Waals surface area contributed by atoms with Crippen LogP contribution in [0.25, 0.3) is 0 Å². The molecule has 0 saturated carbocycles. The monoisotopic (exact) mass is 166 g/mol. The molecule has 0 N–H and O–H groups in total. The molecular formula is C7H10N4O. The second-order valence-electron chi connectivity index (χ2n) is 2.09. The summed E-state index contributed by atoms with van der Waals surface area (Å²) >= 11 is 0. The maximum atomic E-state index is 4.97. The molecule has 5 heteroatoms. The molecule has 1 aromatic heterocycles. The standard InChI is InChI=1S/C7H10N4O/c1-8-11(2)6-4-5-9-10-7(6)12-3/h4-5H,1H2,2-3H3. The molecule has 0 spiro atoms. The molecule has 5 nitrogen and oxygen atoms in total. The van der Waals surface area contributed by atoms with E-state index in [9.17, 15) is 0 Å². The van der Waals surface area contributed by atoms with Gasteiger partial charge in [-0.15, -0.1) is 5.10 Å². The quantitative estimate of drug-likeness (QED) is 0.485. The van der Waals surface area contributed by atoms with E-state index < -0.39 is 0 Å². The Morgan fingerprint density at radius 3 is 3.00 bits per heavy atom. The summed E-state index contributed by atoms with van der Waals surface area (Å²) in [5, 5.41) is 12.7. The van der Waals surface area contributed by atoms with E-state index >= 15 is 0 Å². The number of methoxy groups -OCH3 is 1. The molecule has 0 unspecified atom stereocenters. The zero-order chi connectivity index (χ0) is 8.97. The average Bonchev–Trinajstić information content (AvgIpc) is 2.16. The fourth-order valence-electron chi connectivity index (χ4n) is 0.780. The normalized spacial score (nSPS) is 9.17. The van der Waals surface area contributed by atoms with Crippen LogP contribution < -0.4 is 9.75 Å². The van der Waals surface area contributed by atoms with Gasteiger partial charge in [0.1, 0.15) is 5.69 Å². The molecule has 0 saturated heterocycles. The van der Waals surface area contributed by atoms with Gasteiger partial charge in [0.05, 0.1) is 13.3 Å². The van der Waals surface area contributed by atoms with Gasteiger partial charge in [-0.2, -0.15) is 10.2 Å². The van der Waals surface area contributed by atoms with Gasteiger partial charge in [0.25, 0.3) is 5.88 Å². The van der Waals surface area contributed by atoms with Gasteiger partial charge in [0.15, 0.2) is 0 Å². The molecule has 0 fully saturated rings. The first-order chi connectivity index (χ1) is 5.79. The third kappa shape index (κ3) is 1.50. The highest BCUT2D eigenvalue weighted by molar-refractivity contribution is 5.53. The number of nitrogens with zero attached hydrogens (tertiary/aromatic N) is 4. The first kappa shape index (κ1) is 8.45. The average molecular weight is 166 g/mol. The molecule has 1 aromatic rings. The molecule has 0 radical (unpaired) electrons. The smallest absolute Gasteiger partial charge is 0.258 e. The first-order valence-electron chi connectivity index (χ1n) is 3.35. The SMILES string of the molecule is C=NN(C)c1ccnnc1OC. The van der Waals surface area contributed by atoms with Gasteiger partial charge in [-0.3, -0.25) is 5.01 Å². The highest BCUT2D eigenvalue weighted by Crippen LogP contribution is 2.22. The van der Waals surface area contributed by atoms with E-state index in [0.717, 1.165) is 5.69 Å². The van der Waals surface area contributed by atoms with Crippen molar-refractivity contribution in [3.8, 4) is 5.88 Å². The van der Waals surface area contributed by atoms with E-state index in [0.29, 0.717) is 5.88 Å². The van der Waals surface area contributed by atoms with Gasteiger partial charge in [-0.25, -0.2) is 0 Å². The topological polar surface area (TPSA) is 50.6 Å². The Hall–Kier alpha value is -1.65. The predicted octanol–water partition coefficient (Wildman–Crippen LogP) is 0.537. The van der Waals surface area contributed by atoms with Gasteiger partial charge >= 0.3 is 0 Å². The number of hydrogen-bond acceptors (Lipinski definition) is 5. The summed E-state index contributed by atoms with van der Waals surface area (Å²) in [7, 11) is 3.29. The molecule has 0 atom stereocenters. The second-order valence-corrected chi connectivity index (χ2v) is 2.09. The van der Waals surface area contributed by atoms with Crippen molar-refractivity contribution in [3.05, 3.63) is 12.3 Å². The molecular weight excluding hydrogens is 156 g/mol. The van der Waals surface area contributed by atoms with Gasteiger partial charge < -0.3 is 4.74 Å². The summed E-state index contributed by atoms with van der Waals surface area (Å²) in [6, 6.07) is 1.75. The summed E-state index contributed by atoms with van der Waals surface area (Å²) < 4.78 is 4.97. The number of anilines is 1. The molecule has 0 aliphatic heterocycles. The number of hydrazone groups is 1. The second kappa shape index (κ2) is 3.66. The van der Waals surface area contributed by atoms with E-state index in [2.05, 4.69) is 22.0 Å². The molecule has 0 amide bonds. The molecule has 1 rings (SSSR count). The molecule has 12 heavy (non-hydrogen) atoms. The minimum Gasteiger partial charge on any atom is -0.478 e. The lowest BCUT2D eigenvalue weighted by Crippen LogP contribution is -2.09. The van der Waals surface area contributed by atoms with Gasteiger partial charge in [-0.05, 0) is 6.07 Å². The highest BCUT2D eigenvalue weighted by atomic mass is 16.5. The summed E-state index contributed by atoms with van der Waals surface area (Å²) in [4.78, 5) is 0. The van der Waals surface area contributed by atoms with Crippen LogP contribution in [0, 0.1) is 0 Å². The van der Waals surface area contributed by atoms with E-state index in [4.69, 9.17) is 4.74 Å². The Morgan fingerprint density at radius 2 is 2.42 bits per heavy atom. The fourth-order valence-corrected chi connectivity index (χ4v) is 0.780. The number of hydrogen-bond donors (Lipinski definition) is 0. The summed E-state index contributed by atoms with van der Waals surface area (Å²) in [5.74, 6) is 0.437. The number of ether oxygens (including phenoxy) is 1. The van der Waals surface area contributed by atoms with Crippen molar-refractivity contribution in [1.82, 2.24) is 10.2 Å².